The molecule has 1 aromatic rings. The van der Waals surface area contributed by atoms with Gasteiger partial charge in [-0.3, -0.25) is 0 Å². The smallest absolute Gasteiger partial charge is 0.0908 e. The van der Waals surface area contributed by atoms with Gasteiger partial charge in [0.2, 0.25) is 0 Å². The van der Waals surface area contributed by atoms with Gasteiger partial charge in [-0.1, -0.05) is 36.4 Å². The normalized spacial score (nSPS) is 14.9. The summed E-state index contributed by atoms with van der Waals surface area (Å²) >= 11 is 0. The number of benzene rings is 1. The van der Waals surface area contributed by atoms with E-state index >= 15 is 0 Å². The van der Waals surface area contributed by atoms with Crippen LogP contribution in [0.1, 0.15) is 18.9 Å². The largest absolute Gasteiger partial charge is 0.385 e. The van der Waals surface area contributed by atoms with Crippen LogP contribution in [0.2, 0.25) is 0 Å². The molecule has 14 heavy (non-hydrogen) atoms. The Labute approximate surface area is 84.1 Å². The van der Waals surface area contributed by atoms with E-state index in [1.54, 1.807) is 13.0 Å². The van der Waals surface area contributed by atoms with E-state index in [0.717, 1.165) is 5.56 Å². The first-order valence-electron chi connectivity index (χ1n) is 4.49. The molecule has 0 saturated carbocycles. The first kappa shape index (κ1) is 10.5. The third-order valence-electron chi connectivity index (χ3n) is 2.10. The molecule has 2 heteroatoms. The molecule has 0 saturated heterocycles. The van der Waals surface area contributed by atoms with Crippen molar-refractivity contribution in [2.24, 2.45) is 0 Å². The minimum absolute atomic E-state index is 0.449. The molecular formula is C12H13NO. The molecule has 1 N–H and O–H groups in total. The molecule has 0 bridgehead atoms. The second kappa shape index (κ2) is 4.59. The van der Waals surface area contributed by atoms with E-state index in [-0.39, 0.29) is 0 Å². The van der Waals surface area contributed by atoms with Crippen LogP contribution in [0.25, 0.3) is 0 Å². The van der Waals surface area contributed by atoms with Gasteiger partial charge in [0, 0.05) is 6.08 Å². The van der Waals surface area contributed by atoms with E-state index in [9.17, 15) is 5.11 Å². The van der Waals surface area contributed by atoms with Crippen molar-refractivity contribution in [2.75, 3.05) is 0 Å². The zero-order chi connectivity index (χ0) is 10.4. The Morgan fingerprint density at radius 2 is 2.07 bits per heavy atom. The summed E-state index contributed by atoms with van der Waals surface area (Å²) in [7, 11) is 0. The number of nitriles is 1. The maximum Gasteiger partial charge on any atom is 0.0908 e. The van der Waals surface area contributed by atoms with E-state index in [4.69, 9.17) is 5.26 Å². The van der Waals surface area contributed by atoms with Gasteiger partial charge in [-0.2, -0.15) is 5.26 Å². The average Bonchev–Trinajstić information content (AvgIpc) is 2.19. The van der Waals surface area contributed by atoms with E-state index < -0.39 is 5.60 Å². The van der Waals surface area contributed by atoms with Crippen molar-refractivity contribution < 1.29 is 5.11 Å². The van der Waals surface area contributed by atoms with Gasteiger partial charge in [0.05, 0.1) is 11.7 Å². The zero-order valence-electron chi connectivity index (χ0n) is 8.14. The monoisotopic (exact) mass is 187 g/mol. The van der Waals surface area contributed by atoms with Gasteiger partial charge in [0.1, 0.15) is 0 Å². The van der Waals surface area contributed by atoms with Crippen molar-refractivity contribution in [3.63, 3.8) is 0 Å². The maximum absolute atomic E-state index is 10.1. The number of allylic oxidation sites excluding steroid dienone is 1. The third-order valence-corrected chi connectivity index (χ3v) is 2.10. The van der Waals surface area contributed by atoms with Crippen molar-refractivity contribution in [2.45, 2.75) is 18.9 Å². The lowest BCUT2D eigenvalue weighted by molar-refractivity contribution is 0.0606. The second-order valence-electron chi connectivity index (χ2n) is 3.38. The van der Waals surface area contributed by atoms with Crippen LogP contribution in [0.4, 0.5) is 0 Å². The third kappa shape index (κ3) is 2.72. The highest BCUT2D eigenvalue weighted by atomic mass is 16.3. The lowest BCUT2D eigenvalue weighted by Crippen LogP contribution is -2.19. The van der Waals surface area contributed by atoms with E-state index in [1.165, 1.54) is 6.08 Å². The number of hydrogen-bond donors (Lipinski definition) is 1. The summed E-state index contributed by atoms with van der Waals surface area (Å²) in [5, 5.41) is 18.4. The first-order valence-corrected chi connectivity index (χ1v) is 4.49. The molecule has 0 aliphatic rings. The molecule has 2 nitrogen and oxygen atoms in total. The minimum Gasteiger partial charge on any atom is -0.385 e. The highest BCUT2D eigenvalue weighted by Gasteiger charge is 2.20. The molecule has 0 spiro atoms. The van der Waals surface area contributed by atoms with Crippen molar-refractivity contribution in [3.8, 4) is 6.07 Å². The number of hydrogen-bond acceptors (Lipinski definition) is 2. The molecule has 0 heterocycles. The SMILES string of the molecule is C[C@](O)(C/C=C\C#N)c1ccccc1. The molecule has 1 atom stereocenters. The Morgan fingerprint density at radius 3 is 2.64 bits per heavy atom. The fourth-order valence-electron chi connectivity index (χ4n) is 1.26. The summed E-state index contributed by atoms with van der Waals surface area (Å²) in [5.74, 6) is 0. The van der Waals surface area contributed by atoms with Crippen LogP contribution in [0.3, 0.4) is 0 Å². The topological polar surface area (TPSA) is 44.0 Å². The Morgan fingerprint density at radius 1 is 1.43 bits per heavy atom. The van der Waals surface area contributed by atoms with Crippen LogP contribution in [0.15, 0.2) is 42.5 Å². The summed E-state index contributed by atoms with van der Waals surface area (Å²) in [6.45, 7) is 1.74. The molecule has 72 valence electrons. The Kier molecular flexibility index (Phi) is 3.44. The summed E-state index contributed by atoms with van der Waals surface area (Å²) in [4.78, 5) is 0. The summed E-state index contributed by atoms with van der Waals surface area (Å²) in [5.41, 5.74) is -0.0307. The molecule has 0 radical (unpaired) electrons. The second-order valence-corrected chi connectivity index (χ2v) is 3.38. The molecule has 1 rings (SSSR count). The quantitative estimate of drug-likeness (QED) is 0.738. The predicted octanol–water partition coefficient (Wildman–Crippen LogP) is 2.36. The minimum atomic E-state index is -0.894. The van der Waals surface area contributed by atoms with E-state index in [1.807, 2.05) is 36.4 Å². The number of rotatable bonds is 3. The van der Waals surface area contributed by atoms with Crippen LogP contribution in [0, 0.1) is 11.3 Å². The van der Waals surface area contributed by atoms with E-state index in [0.29, 0.717) is 6.42 Å². The molecule has 0 unspecified atom stereocenters. The van der Waals surface area contributed by atoms with Crippen LogP contribution < -0.4 is 0 Å². The van der Waals surface area contributed by atoms with Gasteiger partial charge in [0.25, 0.3) is 0 Å². The van der Waals surface area contributed by atoms with Gasteiger partial charge < -0.3 is 5.11 Å². The fraction of sp³-hybridized carbons (Fsp3) is 0.250. The molecule has 0 aromatic heterocycles. The van der Waals surface area contributed by atoms with Gasteiger partial charge >= 0.3 is 0 Å². The fourth-order valence-corrected chi connectivity index (χ4v) is 1.26. The molecule has 1 aromatic carbocycles. The van der Waals surface area contributed by atoms with Crippen molar-refractivity contribution in [3.05, 3.63) is 48.0 Å². The van der Waals surface area contributed by atoms with Crippen LogP contribution >= 0.6 is 0 Å². The lowest BCUT2D eigenvalue weighted by Gasteiger charge is -2.21. The molecule has 0 amide bonds. The van der Waals surface area contributed by atoms with Crippen LogP contribution in [-0.4, -0.2) is 5.11 Å². The molecule has 0 aliphatic heterocycles. The average molecular weight is 187 g/mol. The van der Waals surface area contributed by atoms with E-state index in [2.05, 4.69) is 0 Å². The summed E-state index contributed by atoms with van der Waals surface area (Å²) in [6, 6.07) is 11.3. The number of nitrogens with zero attached hydrogens (tertiary/aromatic N) is 1. The van der Waals surface area contributed by atoms with Gasteiger partial charge in [0.15, 0.2) is 0 Å². The van der Waals surface area contributed by atoms with Crippen molar-refractivity contribution in [1.29, 1.82) is 5.26 Å². The standard InChI is InChI=1S/C12H13NO/c1-12(14,9-5-6-10-13)11-7-3-2-4-8-11/h2-8,14H,9H2,1H3/b6-5-/t12-/m0/s1. The molecular weight excluding hydrogens is 174 g/mol. The summed E-state index contributed by atoms with van der Waals surface area (Å²) < 4.78 is 0. The van der Waals surface area contributed by atoms with Crippen molar-refractivity contribution >= 4 is 0 Å². The van der Waals surface area contributed by atoms with Gasteiger partial charge in [-0.15, -0.1) is 0 Å². The highest BCUT2D eigenvalue weighted by Crippen LogP contribution is 2.24. The van der Waals surface area contributed by atoms with Gasteiger partial charge in [-0.05, 0) is 18.9 Å². The Balaban J connectivity index is 2.76. The highest BCUT2D eigenvalue weighted by molar-refractivity contribution is 5.22. The van der Waals surface area contributed by atoms with Crippen molar-refractivity contribution in [1.82, 2.24) is 0 Å². The van der Waals surface area contributed by atoms with Gasteiger partial charge in [-0.25, -0.2) is 0 Å². The van der Waals surface area contributed by atoms with Crippen LogP contribution in [0.5, 0.6) is 0 Å². The van der Waals surface area contributed by atoms with Crippen LogP contribution in [-0.2, 0) is 5.60 Å². The first-order chi connectivity index (χ1) is 6.67. The predicted molar refractivity (Wildman–Crippen MR) is 55.4 cm³/mol. The molecule has 0 aliphatic carbocycles. The Bertz CT molecular complexity index is 346. The zero-order valence-corrected chi connectivity index (χ0v) is 8.14. The lowest BCUT2D eigenvalue weighted by atomic mass is 9.92. The maximum atomic E-state index is 10.1. The summed E-state index contributed by atoms with van der Waals surface area (Å²) in [6.07, 6.45) is 3.51. The number of aliphatic hydroxyl groups is 1. The Hall–Kier alpha value is -1.59. The molecule has 0 fully saturated rings.